The van der Waals surface area contributed by atoms with E-state index in [0.717, 1.165) is 55.8 Å². The lowest BCUT2D eigenvalue weighted by molar-refractivity contribution is -0.141. The van der Waals surface area contributed by atoms with Gasteiger partial charge in [-0.3, -0.25) is 9.88 Å². The number of rotatable bonds is 2. The molecule has 3 aliphatic rings. The van der Waals surface area contributed by atoms with Crippen LogP contribution in [0.4, 0.5) is 13.2 Å². The Labute approximate surface area is 155 Å². The normalized spacial score (nSPS) is 35.7. The van der Waals surface area contributed by atoms with Crippen molar-refractivity contribution in [3.05, 3.63) is 29.1 Å². The molecule has 26 heavy (non-hydrogen) atoms. The Kier molecular flexibility index (Phi) is 4.77. The Hall–Kier alpha value is -0.790. The van der Waals surface area contributed by atoms with E-state index in [9.17, 15) is 17.7 Å². The number of pyridine rings is 1. The largest absolute Gasteiger partial charge is 0.616 e. The highest BCUT2D eigenvalue weighted by Gasteiger charge is 2.53. The number of hydrogen-bond acceptors (Lipinski definition) is 3. The predicted octanol–water partition coefficient (Wildman–Crippen LogP) is 3.89. The Balaban J connectivity index is 1.35. The quantitative estimate of drug-likeness (QED) is 0.724. The molecule has 2 aliphatic heterocycles. The van der Waals surface area contributed by atoms with Gasteiger partial charge in [0.25, 0.3) is 0 Å². The first-order valence-electron chi connectivity index (χ1n) is 9.39. The summed E-state index contributed by atoms with van der Waals surface area (Å²) in [5.41, 5.74) is 1.19. The zero-order valence-electron chi connectivity index (χ0n) is 15.0. The Morgan fingerprint density at radius 1 is 1.23 bits per heavy atom. The topological polar surface area (TPSA) is 39.2 Å². The van der Waals surface area contributed by atoms with Crippen LogP contribution in [-0.2, 0) is 17.4 Å². The summed E-state index contributed by atoms with van der Waals surface area (Å²) in [5.74, 6) is 2.05. The van der Waals surface area contributed by atoms with E-state index in [1.165, 1.54) is 18.7 Å². The fourth-order valence-corrected chi connectivity index (χ4v) is 6.81. The first kappa shape index (κ1) is 18.6. The first-order valence-corrected chi connectivity index (χ1v) is 10.9. The number of aryl methyl sites for hydroxylation is 1. The molecule has 1 aliphatic carbocycles. The van der Waals surface area contributed by atoms with Crippen LogP contribution in [0.3, 0.4) is 0 Å². The summed E-state index contributed by atoms with van der Waals surface area (Å²) >= 11 is -0.596. The highest BCUT2D eigenvalue weighted by Crippen LogP contribution is 2.44. The van der Waals surface area contributed by atoms with E-state index in [1.807, 2.05) is 0 Å². The molecule has 0 aromatic carbocycles. The standard InChI is InChI=1S/C19H25F3N2OS/c1-13-8-17(19(20,21)22)23-9-16(13)14-2-4-15(5-3-14)24-7-6-18(10-24)11-26(25)12-18/h8-9,14-15H,2-7,10-12H2,1H3/t14-,15+,18?,26?. The van der Waals surface area contributed by atoms with Gasteiger partial charge < -0.3 is 4.55 Å². The second-order valence-electron chi connectivity index (χ2n) is 8.38. The van der Waals surface area contributed by atoms with Gasteiger partial charge in [0.2, 0.25) is 0 Å². The van der Waals surface area contributed by atoms with Crippen molar-refractivity contribution in [1.82, 2.24) is 9.88 Å². The summed E-state index contributed by atoms with van der Waals surface area (Å²) in [7, 11) is 0. The van der Waals surface area contributed by atoms with Gasteiger partial charge in [0.05, 0.1) is 5.41 Å². The molecule has 3 nitrogen and oxygen atoms in total. The Morgan fingerprint density at radius 3 is 2.50 bits per heavy atom. The van der Waals surface area contributed by atoms with Crippen LogP contribution in [0.25, 0.3) is 0 Å². The second-order valence-corrected chi connectivity index (χ2v) is 9.84. The molecule has 3 heterocycles. The summed E-state index contributed by atoms with van der Waals surface area (Å²) in [6.45, 7) is 3.95. The fraction of sp³-hybridized carbons (Fsp3) is 0.737. The zero-order chi connectivity index (χ0) is 18.5. The number of hydrogen-bond donors (Lipinski definition) is 0. The first-order chi connectivity index (χ1) is 12.3. The van der Waals surface area contributed by atoms with Crippen LogP contribution >= 0.6 is 0 Å². The molecule has 0 N–H and O–H groups in total. The summed E-state index contributed by atoms with van der Waals surface area (Å²) in [6, 6.07) is 1.75. The smallest absolute Gasteiger partial charge is 0.433 e. The summed E-state index contributed by atoms with van der Waals surface area (Å²) in [4.78, 5) is 6.24. The van der Waals surface area contributed by atoms with Gasteiger partial charge in [0.15, 0.2) is 0 Å². The minimum Gasteiger partial charge on any atom is -0.616 e. The molecule has 0 bridgehead atoms. The molecule has 1 aromatic rings. The van der Waals surface area contributed by atoms with Crippen molar-refractivity contribution in [3.8, 4) is 0 Å². The van der Waals surface area contributed by atoms with Crippen molar-refractivity contribution in [2.24, 2.45) is 5.41 Å². The van der Waals surface area contributed by atoms with E-state index in [4.69, 9.17) is 0 Å². The van der Waals surface area contributed by atoms with E-state index in [1.54, 1.807) is 6.92 Å². The number of halogens is 3. The van der Waals surface area contributed by atoms with Gasteiger partial charge in [-0.1, -0.05) is 11.2 Å². The van der Waals surface area contributed by atoms with Crippen LogP contribution in [0.2, 0.25) is 0 Å². The molecule has 1 spiro atoms. The lowest BCUT2D eigenvalue weighted by Crippen LogP contribution is -2.51. The molecule has 0 atom stereocenters. The van der Waals surface area contributed by atoms with Gasteiger partial charge in [-0.2, -0.15) is 13.2 Å². The van der Waals surface area contributed by atoms with Gasteiger partial charge in [-0.15, -0.1) is 0 Å². The average Bonchev–Trinajstić information content (AvgIpc) is 2.99. The lowest BCUT2D eigenvalue weighted by Gasteiger charge is -2.40. The van der Waals surface area contributed by atoms with Crippen molar-refractivity contribution in [2.45, 2.75) is 57.2 Å². The molecular weight excluding hydrogens is 361 g/mol. The van der Waals surface area contributed by atoms with Crippen molar-refractivity contribution in [2.75, 3.05) is 24.6 Å². The van der Waals surface area contributed by atoms with Crippen LogP contribution in [0.1, 0.15) is 54.8 Å². The van der Waals surface area contributed by atoms with Crippen molar-refractivity contribution < 1.29 is 17.7 Å². The summed E-state index contributed by atoms with van der Waals surface area (Å²) in [6.07, 6.45) is 2.42. The van der Waals surface area contributed by atoms with Gasteiger partial charge >= 0.3 is 6.18 Å². The molecule has 0 radical (unpaired) electrons. The molecule has 1 saturated carbocycles. The molecule has 7 heteroatoms. The van der Waals surface area contributed by atoms with Gasteiger partial charge in [0, 0.05) is 18.8 Å². The minimum atomic E-state index is -4.38. The maximum Gasteiger partial charge on any atom is 0.433 e. The predicted molar refractivity (Wildman–Crippen MR) is 95.5 cm³/mol. The summed E-state index contributed by atoms with van der Waals surface area (Å²) in [5, 5.41) is 0. The molecule has 0 unspecified atom stereocenters. The lowest BCUT2D eigenvalue weighted by atomic mass is 9.80. The third kappa shape index (κ3) is 3.50. The maximum atomic E-state index is 12.8. The third-order valence-electron chi connectivity index (χ3n) is 6.50. The molecule has 1 aromatic heterocycles. The van der Waals surface area contributed by atoms with E-state index in [-0.39, 0.29) is 0 Å². The molecular formula is C19H25F3N2OS. The van der Waals surface area contributed by atoms with E-state index < -0.39 is 23.0 Å². The van der Waals surface area contributed by atoms with Crippen LogP contribution in [0.15, 0.2) is 12.3 Å². The van der Waals surface area contributed by atoms with Crippen LogP contribution < -0.4 is 0 Å². The molecule has 2 saturated heterocycles. The fourth-order valence-electron chi connectivity index (χ4n) is 5.06. The molecule has 0 amide bonds. The van der Waals surface area contributed by atoms with Crippen LogP contribution in [0.5, 0.6) is 0 Å². The van der Waals surface area contributed by atoms with Crippen LogP contribution in [0, 0.1) is 12.3 Å². The molecule has 4 rings (SSSR count). The van der Waals surface area contributed by atoms with E-state index in [0.29, 0.717) is 22.9 Å². The van der Waals surface area contributed by atoms with Gasteiger partial charge in [0.1, 0.15) is 17.2 Å². The number of aromatic nitrogens is 1. The van der Waals surface area contributed by atoms with Crippen LogP contribution in [-0.4, -0.2) is 45.1 Å². The average molecular weight is 386 g/mol. The van der Waals surface area contributed by atoms with E-state index >= 15 is 0 Å². The van der Waals surface area contributed by atoms with Gasteiger partial charge in [-0.25, -0.2) is 0 Å². The SMILES string of the molecule is Cc1cc(C(F)(F)F)ncc1[C@H]1CC[C@@H](N2CCC3(C2)C[S+]([O-])C3)CC1. The number of likely N-dealkylation sites (tertiary alicyclic amines) is 1. The highest BCUT2D eigenvalue weighted by atomic mass is 32.2. The Morgan fingerprint density at radius 2 is 1.92 bits per heavy atom. The number of nitrogens with zero attached hydrogens (tertiary/aromatic N) is 2. The monoisotopic (exact) mass is 386 g/mol. The third-order valence-corrected chi connectivity index (χ3v) is 8.37. The minimum absolute atomic E-state index is 0.314. The Bertz CT molecular complexity index is 667. The zero-order valence-corrected chi connectivity index (χ0v) is 15.8. The highest BCUT2D eigenvalue weighted by molar-refractivity contribution is 7.92. The van der Waals surface area contributed by atoms with Crippen molar-refractivity contribution in [3.63, 3.8) is 0 Å². The second kappa shape index (κ2) is 6.67. The molecule has 144 valence electrons. The maximum absolute atomic E-state index is 12.8. The summed E-state index contributed by atoms with van der Waals surface area (Å²) < 4.78 is 49.9. The van der Waals surface area contributed by atoms with Crippen molar-refractivity contribution >= 4 is 11.2 Å². The molecule has 3 fully saturated rings. The number of alkyl halides is 3. The van der Waals surface area contributed by atoms with Gasteiger partial charge in [-0.05, 0) is 68.7 Å². The van der Waals surface area contributed by atoms with Crippen molar-refractivity contribution in [1.29, 1.82) is 0 Å². The van der Waals surface area contributed by atoms with E-state index in [2.05, 4.69) is 9.88 Å².